The average molecular weight is 289 g/mol. The first kappa shape index (κ1) is 14.8. The van der Waals surface area contributed by atoms with E-state index in [9.17, 15) is 9.18 Å². The van der Waals surface area contributed by atoms with Crippen molar-refractivity contribution in [2.24, 2.45) is 5.73 Å². The number of carbonyl (C=O) groups excluding carboxylic acids is 1. The van der Waals surface area contributed by atoms with E-state index in [0.29, 0.717) is 22.7 Å². The van der Waals surface area contributed by atoms with Crippen LogP contribution in [0, 0.1) is 5.82 Å². The molecule has 0 aliphatic rings. The van der Waals surface area contributed by atoms with E-state index in [1.54, 1.807) is 31.4 Å². The lowest BCUT2D eigenvalue weighted by molar-refractivity contribution is 0.262. The molecule has 0 atom stereocenters. The van der Waals surface area contributed by atoms with Crippen LogP contribution < -0.4 is 21.1 Å². The fraction of sp³-hybridized carbons (Fsp3) is 0.133. The number of anilines is 2. The predicted molar refractivity (Wildman–Crippen MR) is 79.9 cm³/mol. The standard InChI is InChI=1S/C15H16FN3O2/c1-21-13-4-2-3-12(8-13)18-15(20)19-14-6-5-11(16)7-10(14)9-17/h2-8H,9,17H2,1H3,(H2,18,19,20). The second-order valence-electron chi connectivity index (χ2n) is 4.32. The Bertz CT molecular complexity index is 647. The molecule has 0 saturated carbocycles. The Morgan fingerprint density at radius 3 is 2.76 bits per heavy atom. The number of hydrogen-bond donors (Lipinski definition) is 3. The molecular weight excluding hydrogens is 273 g/mol. The van der Waals surface area contributed by atoms with Crippen LogP contribution in [0.2, 0.25) is 0 Å². The van der Waals surface area contributed by atoms with E-state index in [4.69, 9.17) is 10.5 Å². The van der Waals surface area contributed by atoms with Crippen molar-refractivity contribution < 1.29 is 13.9 Å². The number of urea groups is 1. The molecule has 2 rings (SSSR count). The molecule has 0 aromatic heterocycles. The third-order valence-corrected chi connectivity index (χ3v) is 2.86. The molecule has 2 aromatic rings. The van der Waals surface area contributed by atoms with Gasteiger partial charge in [-0.2, -0.15) is 0 Å². The molecular formula is C15H16FN3O2. The van der Waals surface area contributed by atoms with Crippen LogP contribution in [0.25, 0.3) is 0 Å². The highest BCUT2D eigenvalue weighted by Gasteiger charge is 2.07. The smallest absolute Gasteiger partial charge is 0.323 e. The van der Waals surface area contributed by atoms with E-state index in [1.165, 1.54) is 18.2 Å². The zero-order valence-electron chi connectivity index (χ0n) is 11.5. The van der Waals surface area contributed by atoms with Crippen LogP contribution in [0.1, 0.15) is 5.56 Å². The monoisotopic (exact) mass is 289 g/mol. The molecule has 0 heterocycles. The Morgan fingerprint density at radius 1 is 1.24 bits per heavy atom. The number of halogens is 1. The number of hydrogen-bond acceptors (Lipinski definition) is 3. The number of benzene rings is 2. The van der Waals surface area contributed by atoms with E-state index in [0.717, 1.165) is 0 Å². The summed E-state index contributed by atoms with van der Waals surface area (Å²) in [5.74, 6) is 0.242. The zero-order valence-corrected chi connectivity index (χ0v) is 11.5. The molecule has 5 nitrogen and oxygen atoms in total. The van der Waals surface area contributed by atoms with Crippen LogP contribution in [0.5, 0.6) is 5.75 Å². The summed E-state index contributed by atoms with van der Waals surface area (Å²) in [6, 6.07) is 10.5. The molecule has 6 heteroatoms. The minimum absolute atomic E-state index is 0.131. The van der Waals surface area contributed by atoms with Crippen molar-refractivity contribution in [1.82, 2.24) is 0 Å². The number of ether oxygens (including phenoxy) is 1. The summed E-state index contributed by atoms with van der Waals surface area (Å²) in [5.41, 5.74) is 7.11. The highest BCUT2D eigenvalue weighted by atomic mass is 19.1. The fourth-order valence-corrected chi connectivity index (χ4v) is 1.84. The third kappa shape index (κ3) is 3.93. The largest absolute Gasteiger partial charge is 0.497 e. The van der Waals surface area contributed by atoms with Gasteiger partial charge in [0.2, 0.25) is 0 Å². The summed E-state index contributed by atoms with van der Waals surface area (Å²) >= 11 is 0. The van der Waals surface area contributed by atoms with Crippen LogP contribution in [0.3, 0.4) is 0 Å². The Kier molecular flexibility index (Phi) is 4.73. The SMILES string of the molecule is COc1cccc(NC(=O)Nc2ccc(F)cc2CN)c1. The van der Waals surface area contributed by atoms with Crippen LogP contribution in [0.15, 0.2) is 42.5 Å². The molecule has 4 N–H and O–H groups in total. The average Bonchev–Trinajstić information content (AvgIpc) is 2.49. The number of amides is 2. The quantitative estimate of drug-likeness (QED) is 0.810. The number of nitrogens with one attached hydrogen (secondary N) is 2. The Labute approximate surface area is 121 Å². The fourth-order valence-electron chi connectivity index (χ4n) is 1.84. The first-order valence-corrected chi connectivity index (χ1v) is 6.33. The first-order chi connectivity index (χ1) is 10.1. The van der Waals surface area contributed by atoms with E-state index in [2.05, 4.69) is 10.6 Å². The molecule has 0 fully saturated rings. The van der Waals surface area contributed by atoms with E-state index in [1.807, 2.05) is 0 Å². The molecule has 2 aromatic carbocycles. The first-order valence-electron chi connectivity index (χ1n) is 6.33. The van der Waals surface area contributed by atoms with Gasteiger partial charge in [0.15, 0.2) is 0 Å². The van der Waals surface area contributed by atoms with Crippen molar-refractivity contribution in [2.45, 2.75) is 6.54 Å². The Hall–Kier alpha value is -2.60. The molecule has 2 amide bonds. The lowest BCUT2D eigenvalue weighted by Gasteiger charge is -2.11. The summed E-state index contributed by atoms with van der Waals surface area (Å²) < 4.78 is 18.2. The van der Waals surface area contributed by atoms with E-state index in [-0.39, 0.29) is 6.54 Å². The van der Waals surface area contributed by atoms with Gasteiger partial charge in [0, 0.05) is 24.0 Å². The molecule has 0 saturated heterocycles. The van der Waals surface area contributed by atoms with E-state index < -0.39 is 11.8 Å². The maximum Gasteiger partial charge on any atom is 0.323 e. The summed E-state index contributed by atoms with van der Waals surface area (Å²) in [7, 11) is 1.55. The number of rotatable bonds is 4. The highest BCUT2D eigenvalue weighted by Crippen LogP contribution is 2.19. The highest BCUT2D eigenvalue weighted by molar-refractivity contribution is 6.00. The van der Waals surface area contributed by atoms with Crippen molar-refractivity contribution in [3.05, 3.63) is 53.8 Å². The molecule has 0 bridgehead atoms. The number of methoxy groups -OCH3 is 1. The van der Waals surface area contributed by atoms with Crippen molar-refractivity contribution in [1.29, 1.82) is 0 Å². The second kappa shape index (κ2) is 6.71. The van der Waals surface area contributed by atoms with Gasteiger partial charge in [0.25, 0.3) is 0 Å². The van der Waals surface area contributed by atoms with Crippen molar-refractivity contribution in [3.8, 4) is 5.75 Å². The van der Waals surface area contributed by atoms with Gasteiger partial charge >= 0.3 is 6.03 Å². The molecule has 0 unspecified atom stereocenters. The molecule has 0 aliphatic carbocycles. The summed E-state index contributed by atoms with van der Waals surface area (Å²) in [6.45, 7) is 0.131. The van der Waals surface area contributed by atoms with Gasteiger partial charge < -0.3 is 21.1 Å². The van der Waals surface area contributed by atoms with Crippen molar-refractivity contribution in [3.63, 3.8) is 0 Å². The Balaban J connectivity index is 2.08. The predicted octanol–water partition coefficient (Wildman–Crippen LogP) is 2.94. The van der Waals surface area contributed by atoms with Gasteiger partial charge in [-0.3, -0.25) is 0 Å². The molecule has 0 spiro atoms. The topological polar surface area (TPSA) is 76.4 Å². The van der Waals surface area contributed by atoms with Gasteiger partial charge in [-0.1, -0.05) is 6.07 Å². The lowest BCUT2D eigenvalue weighted by Crippen LogP contribution is -2.20. The summed E-state index contributed by atoms with van der Waals surface area (Å²) in [5, 5.41) is 5.30. The van der Waals surface area contributed by atoms with Gasteiger partial charge in [-0.05, 0) is 35.9 Å². The minimum atomic E-state index is -0.440. The number of carbonyl (C=O) groups is 1. The molecule has 110 valence electrons. The van der Waals surface area contributed by atoms with Crippen LogP contribution in [-0.4, -0.2) is 13.1 Å². The normalized spacial score (nSPS) is 10.0. The van der Waals surface area contributed by atoms with Gasteiger partial charge in [-0.25, -0.2) is 9.18 Å². The third-order valence-electron chi connectivity index (χ3n) is 2.86. The van der Waals surface area contributed by atoms with Crippen LogP contribution in [0.4, 0.5) is 20.6 Å². The zero-order chi connectivity index (χ0) is 15.2. The van der Waals surface area contributed by atoms with Crippen molar-refractivity contribution >= 4 is 17.4 Å². The molecule has 0 aliphatic heterocycles. The maximum atomic E-state index is 13.1. The van der Waals surface area contributed by atoms with Gasteiger partial charge in [-0.15, -0.1) is 0 Å². The van der Waals surface area contributed by atoms with Crippen molar-refractivity contribution in [2.75, 3.05) is 17.7 Å². The molecule has 0 radical (unpaired) electrons. The van der Waals surface area contributed by atoms with E-state index >= 15 is 0 Å². The van der Waals surface area contributed by atoms with Gasteiger partial charge in [0.05, 0.1) is 7.11 Å². The summed E-state index contributed by atoms with van der Waals surface area (Å²) in [4.78, 5) is 11.9. The van der Waals surface area contributed by atoms with Gasteiger partial charge in [0.1, 0.15) is 11.6 Å². The lowest BCUT2D eigenvalue weighted by atomic mass is 10.1. The minimum Gasteiger partial charge on any atom is -0.497 e. The molecule has 21 heavy (non-hydrogen) atoms. The second-order valence-corrected chi connectivity index (χ2v) is 4.32. The van der Waals surface area contributed by atoms with Crippen LogP contribution >= 0.6 is 0 Å². The Morgan fingerprint density at radius 2 is 2.05 bits per heavy atom. The number of nitrogens with two attached hydrogens (primary N) is 1. The van der Waals surface area contributed by atoms with Crippen LogP contribution in [-0.2, 0) is 6.54 Å². The maximum absolute atomic E-state index is 13.1. The summed E-state index contributed by atoms with van der Waals surface area (Å²) in [6.07, 6.45) is 0.